The van der Waals surface area contributed by atoms with Crippen molar-refractivity contribution in [3.63, 3.8) is 0 Å². The maximum Gasteiger partial charge on any atom is 0.0995 e. The van der Waals surface area contributed by atoms with Crippen LogP contribution in [0.1, 0.15) is 13.8 Å². The van der Waals surface area contributed by atoms with Crippen molar-refractivity contribution >= 4 is 11.6 Å². The minimum absolute atomic E-state index is 0.269. The lowest BCUT2D eigenvalue weighted by Crippen LogP contribution is -1.97. The third-order valence-corrected chi connectivity index (χ3v) is 1.27. The fourth-order valence-electron chi connectivity index (χ4n) is 0.566. The van der Waals surface area contributed by atoms with Crippen LogP contribution in [0.4, 0.5) is 0 Å². The van der Waals surface area contributed by atoms with E-state index >= 15 is 0 Å². The summed E-state index contributed by atoms with van der Waals surface area (Å²) in [6.07, 6.45) is 3.17. The van der Waals surface area contributed by atoms with Gasteiger partial charge in [-0.15, -0.1) is 0 Å². The minimum atomic E-state index is 0.269. The van der Waals surface area contributed by atoms with Crippen LogP contribution in [0.2, 0.25) is 0 Å². The summed E-state index contributed by atoms with van der Waals surface area (Å²) in [4.78, 5) is 0. The molecule has 0 aliphatic carbocycles. The second-order valence-electron chi connectivity index (χ2n) is 2.35. The van der Waals surface area contributed by atoms with E-state index < -0.39 is 0 Å². The van der Waals surface area contributed by atoms with Gasteiger partial charge in [-0.3, -0.25) is 0 Å². The number of hydrogen-bond acceptors (Lipinski definition) is 2. The zero-order valence-electron chi connectivity index (χ0n) is 6.26. The lowest BCUT2D eigenvalue weighted by Gasteiger charge is -2.03. The summed E-state index contributed by atoms with van der Waals surface area (Å²) in [7, 11) is 0. The molecule has 4 N–H and O–H groups in total. The van der Waals surface area contributed by atoms with Crippen LogP contribution in [-0.2, 0) is 0 Å². The number of hydrogen-bond donors (Lipinski definition) is 2. The normalized spacial score (nSPS) is 14.4. The molecule has 0 rings (SSSR count). The number of halogens is 1. The highest BCUT2D eigenvalue weighted by Gasteiger charge is 1.98. The van der Waals surface area contributed by atoms with E-state index in [4.69, 9.17) is 23.1 Å². The number of nitrogens with two attached hydrogens (primary N) is 2. The van der Waals surface area contributed by atoms with Gasteiger partial charge < -0.3 is 11.5 Å². The predicted octanol–water partition coefficient (Wildman–Crippen LogP) is 1.52. The van der Waals surface area contributed by atoms with Gasteiger partial charge in [0.1, 0.15) is 0 Å². The monoisotopic (exact) mass is 160 g/mol. The molecule has 0 spiro atoms. The number of rotatable bonds is 2. The van der Waals surface area contributed by atoms with E-state index in [1.807, 2.05) is 13.8 Å². The van der Waals surface area contributed by atoms with Gasteiger partial charge in [0.05, 0.1) is 5.16 Å². The molecule has 0 aromatic rings. The minimum Gasteiger partial charge on any atom is -0.404 e. The molecule has 0 radical (unpaired) electrons. The first-order chi connectivity index (χ1) is 4.57. The number of allylic oxidation sites excluding steroid dienone is 2. The van der Waals surface area contributed by atoms with Gasteiger partial charge in [-0.25, -0.2) is 0 Å². The van der Waals surface area contributed by atoms with Crippen molar-refractivity contribution in [1.29, 1.82) is 0 Å². The molecule has 0 aliphatic rings. The lowest BCUT2D eigenvalue weighted by atomic mass is 10.1. The summed E-state index contributed by atoms with van der Waals surface area (Å²) in [5, 5.41) is 0.269. The molecule has 0 bridgehead atoms. The van der Waals surface area contributed by atoms with Crippen LogP contribution in [0, 0.1) is 5.92 Å². The molecule has 0 atom stereocenters. The molecule has 0 heterocycles. The van der Waals surface area contributed by atoms with Crippen molar-refractivity contribution in [2.24, 2.45) is 17.4 Å². The zero-order valence-corrected chi connectivity index (χ0v) is 7.02. The fraction of sp³-hybridized carbons (Fsp3) is 0.429. The summed E-state index contributed by atoms with van der Waals surface area (Å²) in [6.45, 7) is 4.05. The second kappa shape index (κ2) is 4.23. The Hall–Kier alpha value is -0.630. The molecule has 3 heteroatoms. The summed E-state index contributed by atoms with van der Waals surface area (Å²) in [6, 6.07) is 0. The molecule has 0 aromatic carbocycles. The van der Waals surface area contributed by atoms with Crippen molar-refractivity contribution in [3.05, 3.63) is 23.0 Å². The molecule has 0 saturated heterocycles. The smallest absolute Gasteiger partial charge is 0.0995 e. The first kappa shape index (κ1) is 9.37. The third-order valence-electron chi connectivity index (χ3n) is 1.16. The quantitative estimate of drug-likeness (QED) is 0.476. The molecule has 0 aromatic heterocycles. The first-order valence-corrected chi connectivity index (χ1v) is 3.50. The van der Waals surface area contributed by atoms with Crippen LogP contribution in [0.25, 0.3) is 0 Å². The standard InChI is InChI=1S/C7H13ClN2/c1-5(2)6(4-9)3-7(8)10/h3-5H,9-10H2,1-2H3/b6-4+,7-3-. The highest BCUT2D eigenvalue weighted by atomic mass is 35.5. The van der Waals surface area contributed by atoms with Crippen LogP contribution >= 0.6 is 11.6 Å². The van der Waals surface area contributed by atoms with Crippen molar-refractivity contribution < 1.29 is 0 Å². The molecule has 10 heavy (non-hydrogen) atoms. The van der Waals surface area contributed by atoms with E-state index in [2.05, 4.69) is 0 Å². The Morgan fingerprint density at radius 3 is 2.10 bits per heavy atom. The average molecular weight is 161 g/mol. The second-order valence-corrected chi connectivity index (χ2v) is 2.79. The predicted molar refractivity (Wildman–Crippen MR) is 45.2 cm³/mol. The summed E-state index contributed by atoms with van der Waals surface area (Å²) >= 11 is 5.44. The molecule has 2 nitrogen and oxygen atoms in total. The molecule has 0 fully saturated rings. The summed E-state index contributed by atoms with van der Waals surface area (Å²) < 4.78 is 0. The molecule has 58 valence electrons. The van der Waals surface area contributed by atoms with E-state index in [-0.39, 0.29) is 5.16 Å². The van der Waals surface area contributed by atoms with Crippen molar-refractivity contribution in [3.8, 4) is 0 Å². The Morgan fingerprint density at radius 1 is 1.50 bits per heavy atom. The summed E-state index contributed by atoms with van der Waals surface area (Å²) in [5.41, 5.74) is 11.5. The molecule has 0 unspecified atom stereocenters. The lowest BCUT2D eigenvalue weighted by molar-refractivity contribution is 0.787. The van der Waals surface area contributed by atoms with Gasteiger partial charge in [0.25, 0.3) is 0 Å². The molecular formula is C7H13ClN2. The van der Waals surface area contributed by atoms with Crippen molar-refractivity contribution in [2.75, 3.05) is 0 Å². The average Bonchev–Trinajstić information content (AvgIpc) is 1.81. The van der Waals surface area contributed by atoms with Gasteiger partial charge >= 0.3 is 0 Å². The van der Waals surface area contributed by atoms with Crippen LogP contribution in [0.5, 0.6) is 0 Å². The van der Waals surface area contributed by atoms with Crippen LogP contribution in [0.15, 0.2) is 23.0 Å². The zero-order chi connectivity index (χ0) is 8.15. The topological polar surface area (TPSA) is 52.0 Å². The highest BCUT2D eigenvalue weighted by Crippen LogP contribution is 2.11. The highest BCUT2D eigenvalue weighted by molar-refractivity contribution is 6.29. The van der Waals surface area contributed by atoms with Crippen LogP contribution in [0.3, 0.4) is 0 Å². The van der Waals surface area contributed by atoms with Gasteiger partial charge in [0, 0.05) is 0 Å². The molecule has 0 saturated carbocycles. The van der Waals surface area contributed by atoms with Crippen molar-refractivity contribution in [2.45, 2.75) is 13.8 Å². The van der Waals surface area contributed by atoms with E-state index in [1.165, 1.54) is 6.20 Å². The molecule has 0 amide bonds. The Kier molecular flexibility index (Phi) is 3.96. The van der Waals surface area contributed by atoms with E-state index in [9.17, 15) is 0 Å². The Labute approximate surface area is 66.5 Å². The van der Waals surface area contributed by atoms with E-state index in [0.29, 0.717) is 5.92 Å². The van der Waals surface area contributed by atoms with Crippen LogP contribution in [-0.4, -0.2) is 0 Å². The Bertz CT molecular complexity index is 155. The van der Waals surface area contributed by atoms with Crippen LogP contribution < -0.4 is 11.5 Å². The van der Waals surface area contributed by atoms with Gasteiger partial charge in [-0.1, -0.05) is 25.4 Å². The van der Waals surface area contributed by atoms with Gasteiger partial charge in [0.15, 0.2) is 0 Å². The van der Waals surface area contributed by atoms with Crippen molar-refractivity contribution in [1.82, 2.24) is 0 Å². The Morgan fingerprint density at radius 2 is 2.00 bits per heavy atom. The van der Waals surface area contributed by atoms with E-state index in [0.717, 1.165) is 5.57 Å². The van der Waals surface area contributed by atoms with Gasteiger partial charge in [-0.05, 0) is 23.8 Å². The van der Waals surface area contributed by atoms with Gasteiger partial charge in [0.2, 0.25) is 0 Å². The maximum atomic E-state index is 5.44. The van der Waals surface area contributed by atoms with Gasteiger partial charge in [-0.2, -0.15) is 0 Å². The first-order valence-electron chi connectivity index (χ1n) is 3.12. The maximum absolute atomic E-state index is 5.44. The Balaban J connectivity index is 4.26. The third kappa shape index (κ3) is 3.41. The SMILES string of the molecule is CC(C)C(=C/N)/C=C(\N)Cl. The summed E-state index contributed by atoms with van der Waals surface area (Å²) in [5.74, 6) is 0.363. The largest absolute Gasteiger partial charge is 0.404 e. The fourth-order valence-corrected chi connectivity index (χ4v) is 0.692. The van der Waals surface area contributed by atoms with E-state index in [1.54, 1.807) is 6.08 Å². The molecule has 0 aliphatic heterocycles. The molecular weight excluding hydrogens is 148 g/mol.